The Kier molecular flexibility index (Phi) is 10.5. The van der Waals surface area contributed by atoms with Gasteiger partial charge < -0.3 is 25.0 Å². The van der Waals surface area contributed by atoms with Crippen LogP contribution in [0.25, 0.3) is 0 Å². The van der Waals surface area contributed by atoms with Gasteiger partial charge in [0.2, 0.25) is 5.91 Å². The molecule has 168 valence electrons. The zero-order valence-corrected chi connectivity index (χ0v) is 19.0. The predicted molar refractivity (Wildman–Crippen MR) is 121 cm³/mol. The lowest BCUT2D eigenvalue weighted by Gasteiger charge is -2.27. The number of ether oxygens (including phenoxy) is 2. The van der Waals surface area contributed by atoms with E-state index in [9.17, 15) is 4.79 Å². The third-order valence-electron chi connectivity index (χ3n) is 5.43. The minimum atomic E-state index is 0.293. The van der Waals surface area contributed by atoms with E-state index in [2.05, 4.69) is 47.7 Å². The van der Waals surface area contributed by atoms with E-state index >= 15 is 0 Å². The van der Waals surface area contributed by atoms with Crippen LogP contribution < -0.4 is 15.4 Å². The number of carbonyl (C=O) groups excluding carboxylic acids is 1. The number of methoxy groups -OCH3 is 1. The number of nitrogens with one attached hydrogen (secondary N) is 2. The van der Waals surface area contributed by atoms with Crippen LogP contribution in [0.2, 0.25) is 0 Å². The van der Waals surface area contributed by atoms with Crippen molar-refractivity contribution in [2.45, 2.75) is 58.5 Å². The maximum absolute atomic E-state index is 12.0. The van der Waals surface area contributed by atoms with Crippen LogP contribution in [-0.4, -0.2) is 63.3 Å². The first kappa shape index (κ1) is 24.0. The average Bonchev–Trinajstić information content (AvgIpc) is 3.17. The van der Waals surface area contributed by atoms with Gasteiger partial charge in [-0.15, -0.1) is 0 Å². The van der Waals surface area contributed by atoms with Crippen molar-refractivity contribution in [2.75, 3.05) is 40.5 Å². The number of carbonyl (C=O) groups is 1. The van der Waals surface area contributed by atoms with Crippen molar-refractivity contribution >= 4 is 11.9 Å². The van der Waals surface area contributed by atoms with Crippen LogP contribution in [0.5, 0.6) is 5.75 Å². The van der Waals surface area contributed by atoms with E-state index in [4.69, 9.17) is 9.47 Å². The van der Waals surface area contributed by atoms with Crippen molar-refractivity contribution in [1.82, 2.24) is 15.5 Å². The molecule has 2 N–H and O–H groups in total. The zero-order chi connectivity index (χ0) is 21.8. The lowest BCUT2D eigenvalue weighted by molar-refractivity contribution is -0.129. The number of guanidine groups is 1. The van der Waals surface area contributed by atoms with E-state index in [0.717, 1.165) is 56.0 Å². The normalized spacial score (nSPS) is 15.4. The fraction of sp³-hybridized carbons (Fsp3) is 0.652. The van der Waals surface area contributed by atoms with Crippen LogP contribution in [0, 0.1) is 6.92 Å². The van der Waals surface area contributed by atoms with Gasteiger partial charge in [-0.25, -0.2) is 0 Å². The van der Waals surface area contributed by atoms with Gasteiger partial charge in [-0.2, -0.15) is 0 Å². The molecular weight excluding hydrogens is 380 g/mol. The van der Waals surface area contributed by atoms with Gasteiger partial charge >= 0.3 is 0 Å². The lowest BCUT2D eigenvalue weighted by atomic mass is 10.1. The molecule has 1 aliphatic heterocycles. The summed E-state index contributed by atoms with van der Waals surface area (Å²) in [5.74, 6) is 1.94. The van der Waals surface area contributed by atoms with Crippen molar-refractivity contribution in [3.05, 3.63) is 29.3 Å². The largest absolute Gasteiger partial charge is 0.493 e. The van der Waals surface area contributed by atoms with E-state index in [1.165, 1.54) is 5.56 Å². The average molecular weight is 419 g/mol. The summed E-state index contributed by atoms with van der Waals surface area (Å²) in [7, 11) is 3.47. The van der Waals surface area contributed by atoms with Crippen molar-refractivity contribution in [3.8, 4) is 5.75 Å². The second-order valence-corrected chi connectivity index (χ2v) is 7.70. The van der Waals surface area contributed by atoms with Crippen molar-refractivity contribution in [1.29, 1.82) is 0 Å². The Hall–Kier alpha value is -2.28. The second kappa shape index (κ2) is 13.1. The molecule has 7 heteroatoms. The first-order valence-corrected chi connectivity index (χ1v) is 11.0. The van der Waals surface area contributed by atoms with E-state index in [-0.39, 0.29) is 0 Å². The van der Waals surface area contributed by atoms with Gasteiger partial charge in [0.15, 0.2) is 5.96 Å². The molecule has 1 aliphatic rings. The van der Waals surface area contributed by atoms with Crippen LogP contribution in [0.1, 0.15) is 50.2 Å². The number of benzene rings is 1. The number of likely N-dealkylation sites (tertiary alicyclic amines) is 1. The first-order chi connectivity index (χ1) is 14.6. The molecule has 1 fully saturated rings. The Morgan fingerprint density at radius 1 is 1.30 bits per heavy atom. The minimum absolute atomic E-state index is 0.293. The van der Waals surface area contributed by atoms with Gasteiger partial charge in [0.05, 0.1) is 6.61 Å². The summed E-state index contributed by atoms with van der Waals surface area (Å²) in [4.78, 5) is 18.4. The third-order valence-corrected chi connectivity index (χ3v) is 5.43. The highest BCUT2D eigenvalue weighted by molar-refractivity contribution is 5.80. The molecule has 1 unspecified atom stereocenters. The number of rotatable bonds is 12. The SMILES string of the molecule is CCC(CCNC(=NC)NCc1ccc(C)cc1OCCCOC)N1CCCC1=O. The van der Waals surface area contributed by atoms with Crippen molar-refractivity contribution in [3.63, 3.8) is 0 Å². The Morgan fingerprint density at radius 2 is 2.13 bits per heavy atom. The van der Waals surface area contributed by atoms with Crippen LogP contribution in [0.15, 0.2) is 23.2 Å². The van der Waals surface area contributed by atoms with Crippen molar-refractivity contribution < 1.29 is 14.3 Å². The predicted octanol–water partition coefficient (Wildman–Crippen LogP) is 2.87. The van der Waals surface area contributed by atoms with Crippen molar-refractivity contribution in [2.24, 2.45) is 4.99 Å². The second-order valence-electron chi connectivity index (χ2n) is 7.70. The molecule has 1 aromatic rings. The Bertz CT molecular complexity index is 693. The standard InChI is InChI=1S/C23H38N4O3/c1-5-20(27-13-6-8-22(27)28)11-12-25-23(24-3)26-17-19-10-9-18(2)16-21(19)30-15-7-14-29-4/h9-10,16,20H,5-8,11-15,17H2,1-4H3,(H2,24,25,26). The van der Waals surface area contributed by atoms with Crippen LogP contribution >= 0.6 is 0 Å². The highest BCUT2D eigenvalue weighted by Crippen LogP contribution is 2.21. The summed E-state index contributed by atoms with van der Waals surface area (Å²) in [5.41, 5.74) is 2.26. The van der Waals surface area contributed by atoms with Gasteiger partial charge in [0.1, 0.15) is 5.75 Å². The highest BCUT2D eigenvalue weighted by Gasteiger charge is 2.26. The molecular formula is C23H38N4O3. The molecule has 0 spiro atoms. The topological polar surface area (TPSA) is 75.2 Å². The molecule has 1 saturated heterocycles. The fourth-order valence-electron chi connectivity index (χ4n) is 3.72. The maximum atomic E-state index is 12.0. The summed E-state index contributed by atoms with van der Waals surface area (Å²) >= 11 is 0. The van der Waals surface area contributed by atoms with E-state index < -0.39 is 0 Å². The Balaban J connectivity index is 1.82. The van der Waals surface area contributed by atoms with E-state index in [1.54, 1.807) is 14.2 Å². The Labute approximate surface area is 181 Å². The summed E-state index contributed by atoms with van der Waals surface area (Å²) in [6.45, 7) is 7.83. The number of aryl methyl sites for hydroxylation is 1. The molecule has 0 saturated carbocycles. The smallest absolute Gasteiger partial charge is 0.222 e. The van der Waals surface area contributed by atoms with Crippen LogP contribution in [-0.2, 0) is 16.1 Å². The molecule has 0 radical (unpaired) electrons. The molecule has 2 rings (SSSR count). The number of amides is 1. The molecule has 7 nitrogen and oxygen atoms in total. The van der Waals surface area contributed by atoms with Gasteiger partial charge in [-0.1, -0.05) is 19.1 Å². The fourth-order valence-corrected chi connectivity index (χ4v) is 3.72. The van der Waals surface area contributed by atoms with Gasteiger partial charge in [-0.05, 0) is 37.8 Å². The summed E-state index contributed by atoms with van der Waals surface area (Å²) in [6.07, 6.45) is 4.44. The zero-order valence-electron chi connectivity index (χ0n) is 19.0. The number of nitrogens with zero attached hydrogens (tertiary/aromatic N) is 2. The molecule has 0 aliphatic carbocycles. The monoisotopic (exact) mass is 418 g/mol. The molecule has 1 amide bonds. The first-order valence-electron chi connectivity index (χ1n) is 11.0. The number of aliphatic imine (C=N–C) groups is 1. The third kappa shape index (κ3) is 7.52. The quantitative estimate of drug-likeness (QED) is 0.310. The molecule has 30 heavy (non-hydrogen) atoms. The minimum Gasteiger partial charge on any atom is -0.493 e. The molecule has 1 atom stereocenters. The van der Waals surface area contributed by atoms with Gasteiger partial charge in [-0.3, -0.25) is 9.79 Å². The van der Waals surface area contributed by atoms with Gasteiger partial charge in [0.25, 0.3) is 0 Å². The molecule has 1 aromatic carbocycles. The summed E-state index contributed by atoms with van der Waals surface area (Å²) < 4.78 is 11.1. The van der Waals surface area contributed by atoms with E-state index in [0.29, 0.717) is 38.1 Å². The molecule has 1 heterocycles. The van der Waals surface area contributed by atoms with E-state index in [1.807, 2.05) is 4.90 Å². The van der Waals surface area contributed by atoms with Crippen LogP contribution in [0.4, 0.5) is 0 Å². The number of hydrogen-bond donors (Lipinski definition) is 2. The summed E-state index contributed by atoms with van der Waals surface area (Å²) in [6, 6.07) is 6.55. The molecule has 0 aromatic heterocycles. The van der Waals surface area contributed by atoms with Crippen LogP contribution in [0.3, 0.4) is 0 Å². The Morgan fingerprint density at radius 3 is 2.80 bits per heavy atom. The highest BCUT2D eigenvalue weighted by atomic mass is 16.5. The maximum Gasteiger partial charge on any atom is 0.222 e. The molecule has 0 bridgehead atoms. The summed E-state index contributed by atoms with van der Waals surface area (Å²) in [5, 5.41) is 6.75. The van der Waals surface area contributed by atoms with Gasteiger partial charge in [0, 0.05) is 64.8 Å². The number of hydrogen-bond acceptors (Lipinski definition) is 4. The lowest BCUT2D eigenvalue weighted by Crippen LogP contribution is -2.41.